The molecule has 2 N–H and O–H groups in total. The molecule has 2 heterocycles. The first-order valence-electron chi connectivity index (χ1n) is 10.7. The standard InChI is InChI=1S/C25H34N4S/c1-6-7-13-26-20(3)23-8-10-24(11-9-23)29-16-14-28(15-17-29)22(5)27-21(4)25-19(2)12-18-30-25/h8-12,18,26-27H,3-7,13-17H2,1-2H3. The molecule has 3 rings (SSSR count). The van der Waals surface area contributed by atoms with Crippen LogP contribution in [0, 0.1) is 6.92 Å². The van der Waals surface area contributed by atoms with Gasteiger partial charge in [-0.05, 0) is 48.1 Å². The molecule has 4 nitrogen and oxygen atoms in total. The van der Waals surface area contributed by atoms with E-state index in [2.05, 4.69) is 89.7 Å². The Kier molecular flexibility index (Phi) is 7.63. The Morgan fingerprint density at radius 2 is 1.70 bits per heavy atom. The zero-order valence-electron chi connectivity index (χ0n) is 18.3. The van der Waals surface area contributed by atoms with Crippen LogP contribution in [0.2, 0.25) is 0 Å². The van der Waals surface area contributed by atoms with Gasteiger partial charge in [0, 0.05) is 49.8 Å². The second-order valence-electron chi connectivity index (χ2n) is 7.76. The summed E-state index contributed by atoms with van der Waals surface area (Å²) in [6.45, 7) is 21.7. The Hall–Kier alpha value is -2.66. The summed E-state index contributed by atoms with van der Waals surface area (Å²) in [5.74, 6) is 0.928. The summed E-state index contributed by atoms with van der Waals surface area (Å²) < 4.78 is 0. The smallest absolute Gasteiger partial charge is 0.0984 e. The number of piperazine rings is 1. The van der Waals surface area contributed by atoms with E-state index in [0.717, 1.165) is 55.5 Å². The van der Waals surface area contributed by atoms with Crippen LogP contribution in [0.15, 0.2) is 61.3 Å². The maximum atomic E-state index is 4.24. The van der Waals surface area contributed by atoms with Gasteiger partial charge in [0.25, 0.3) is 0 Å². The Labute approximate surface area is 185 Å². The Bertz CT molecular complexity index is 873. The number of hydrogen-bond donors (Lipinski definition) is 2. The van der Waals surface area contributed by atoms with E-state index < -0.39 is 0 Å². The molecular weight excluding hydrogens is 388 g/mol. The maximum Gasteiger partial charge on any atom is 0.0984 e. The Morgan fingerprint density at radius 3 is 2.30 bits per heavy atom. The topological polar surface area (TPSA) is 30.5 Å². The van der Waals surface area contributed by atoms with E-state index in [0.29, 0.717) is 0 Å². The van der Waals surface area contributed by atoms with Crippen molar-refractivity contribution in [1.29, 1.82) is 0 Å². The summed E-state index contributed by atoms with van der Waals surface area (Å²) in [5, 5.41) is 8.91. The van der Waals surface area contributed by atoms with E-state index in [-0.39, 0.29) is 0 Å². The number of rotatable bonds is 10. The minimum absolute atomic E-state index is 0.928. The van der Waals surface area contributed by atoms with Crippen molar-refractivity contribution < 1.29 is 0 Å². The summed E-state index contributed by atoms with van der Waals surface area (Å²) in [6.07, 6.45) is 2.36. The average molecular weight is 423 g/mol. The summed E-state index contributed by atoms with van der Waals surface area (Å²) in [4.78, 5) is 5.93. The second-order valence-corrected chi connectivity index (χ2v) is 8.68. The first kappa shape index (κ1) is 22.0. The molecule has 0 aliphatic carbocycles. The summed E-state index contributed by atoms with van der Waals surface area (Å²) in [7, 11) is 0. The van der Waals surface area contributed by atoms with E-state index in [1.54, 1.807) is 11.3 Å². The fraction of sp³-hybridized carbons (Fsp3) is 0.360. The number of unbranched alkanes of at least 4 members (excludes halogenated alkanes) is 1. The van der Waals surface area contributed by atoms with Gasteiger partial charge in [-0.25, -0.2) is 0 Å². The van der Waals surface area contributed by atoms with E-state index in [4.69, 9.17) is 0 Å². The van der Waals surface area contributed by atoms with Gasteiger partial charge in [0.15, 0.2) is 0 Å². The molecule has 0 atom stereocenters. The molecule has 1 aliphatic heterocycles. The summed E-state index contributed by atoms with van der Waals surface area (Å²) >= 11 is 1.71. The van der Waals surface area contributed by atoms with Crippen LogP contribution in [0.1, 0.15) is 35.8 Å². The predicted octanol–water partition coefficient (Wildman–Crippen LogP) is 5.27. The number of nitrogens with one attached hydrogen (secondary N) is 2. The molecule has 160 valence electrons. The highest BCUT2D eigenvalue weighted by atomic mass is 32.1. The van der Waals surface area contributed by atoms with Gasteiger partial charge in [0.05, 0.1) is 10.7 Å². The molecule has 0 saturated carbocycles. The van der Waals surface area contributed by atoms with Crippen molar-refractivity contribution in [2.75, 3.05) is 37.6 Å². The number of thiophene rings is 1. The van der Waals surface area contributed by atoms with Gasteiger partial charge in [0.1, 0.15) is 0 Å². The van der Waals surface area contributed by atoms with E-state index in [1.165, 1.54) is 29.0 Å². The Morgan fingerprint density at radius 1 is 1.00 bits per heavy atom. The van der Waals surface area contributed by atoms with Crippen LogP contribution in [-0.4, -0.2) is 37.6 Å². The van der Waals surface area contributed by atoms with Crippen molar-refractivity contribution in [3.05, 3.63) is 77.3 Å². The van der Waals surface area contributed by atoms with Gasteiger partial charge >= 0.3 is 0 Å². The highest BCUT2D eigenvalue weighted by Crippen LogP contribution is 2.24. The fourth-order valence-electron chi connectivity index (χ4n) is 3.62. The molecule has 0 spiro atoms. The molecule has 1 aromatic heterocycles. The van der Waals surface area contributed by atoms with Crippen LogP contribution in [0.25, 0.3) is 11.4 Å². The van der Waals surface area contributed by atoms with Crippen molar-refractivity contribution in [2.45, 2.75) is 26.7 Å². The average Bonchev–Trinajstić information content (AvgIpc) is 3.20. The van der Waals surface area contributed by atoms with Crippen molar-refractivity contribution in [1.82, 2.24) is 15.5 Å². The zero-order valence-corrected chi connectivity index (χ0v) is 19.2. The lowest BCUT2D eigenvalue weighted by molar-refractivity contribution is 0.310. The van der Waals surface area contributed by atoms with Crippen LogP contribution in [0.5, 0.6) is 0 Å². The molecule has 1 aromatic carbocycles. The second kappa shape index (κ2) is 10.4. The van der Waals surface area contributed by atoms with Gasteiger partial charge in [-0.3, -0.25) is 0 Å². The number of nitrogens with zero attached hydrogens (tertiary/aromatic N) is 2. The van der Waals surface area contributed by atoms with Crippen molar-refractivity contribution >= 4 is 28.4 Å². The highest BCUT2D eigenvalue weighted by Gasteiger charge is 2.19. The van der Waals surface area contributed by atoms with Crippen molar-refractivity contribution in [3.63, 3.8) is 0 Å². The third-order valence-electron chi connectivity index (χ3n) is 5.54. The third-order valence-corrected chi connectivity index (χ3v) is 6.62. The van der Waals surface area contributed by atoms with Crippen LogP contribution in [-0.2, 0) is 0 Å². The monoisotopic (exact) mass is 422 g/mol. The SMILES string of the molecule is C=C(NCCCC)c1ccc(N2CCN(C(=C)NC(=C)c3sccc3C)CC2)cc1. The molecule has 5 heteroatoms. The van der Waals surface area contributed by atoms with Crippen LogP contribution in [0.3, 0.4) is 0 Å². The number of benzene rings is 1. The number of hydrogen-bond acceptors (Lipinski definition) is 5. The minimum Gasteiger partial charge on any atom is -0.385 e. The van der Waals surface area contributed by atoms with Gasteiger partial charge in [-0.2, -0.15) is 0 Å². The molecule has 1 fully saturated rings. The number of anilines is 1. The summed E-state index contributed by atoms with van der Waals surface area (Å²) in [5.41, 5.74) is 5.61. The molecular formula is C25H34N4S. The molecule has 30 heavy (non-hydrogen) atoms. The minimum atomic E-state index is 0.928. The first-order chi connectivity index (χ1) is 14.5. The van der Waals surface area contributed by atoms with E-state index >= 15 is 0 Å². The lowest BCUT2D eigenvalue weighted by Gasteiger charge is -2.38. The fourth-order valence-corrected chi connectivity index (χ4v) is 4.47. The molecule has 1 aliphatic rings. The molecule has 1 saturated heterocycles. The van der Waals surface area contributed by atoms with Crippen molar-refractivity contribution in [2.24, 2.45) is 0 Å². The molecule has 0 bridgehead atoms. The van der Waals surface area contributed by atoms with Gasteiger partial charge in [-0.1, -0.05) is 45.2 Å². The lowest BCUT2D eigenvalue weighted by Crippen LogP contribution is -2.47. The lowest BCUT2D eigenvalue weighted by atomic mass is 10.1. The van der Waals surface area contributed by atoms with Crippen LogP contribution in [0.4, 0.5) is 5.69 Å². The molecule has 0 unspecified atom stereocenters. The molecule has 0 radical (unpaired) electrons. The van der Waals surface area contributed by atoms with E-state index in [1.807, 2.05) is 0 Å². The normalized spacial score (nSPS) is 13.8. The van der Waals surface area contributed by atoms with Crippen LogP contribution < -0.4 is 15.5 Å². The van der Waals surface area contributed by atoms with Gasteiger partial charge < -0.3 is 20.4 Å². The van der Waals surface area contributed by atoms with Crippen molar-refractivity contribution in [3.8, 4) is 0 Å². The molecule has 2 aromatic rings. The molecule has 0 amide bonds. The van der Waals surface area contributed by atoms with Gasteiger partial charge in [0.2, 0.25) is 0 Å². The first-order valence-corrected chi connectivity index (χ1v) is 11.6. The maximum absolute atomic E-state index is 4.24. The largest absolute Gasteiger partial charge is 0.385 e. The zero-order chi connectivity index (χ0) is 21.5. The third kappa shape index (κ3) is 5.48. The predicted molar refractivity (Wildman–Crippen MR) is 133 cm³/mol. The van der Waals surface area contributed by atoms with Crippen LogP contribution >= 0.6 is 11.3 Å². The summed E-state index contributed by atoms with van der Waals surface area (Å²) in [6, 6.07) is 10.8. The van der Waals surface area contributed by atoms with E-state index in [9.17, 15) is 0 Å². The van der Waals surface area contributed by atoms with Gasteiger partial charge in [-0.15, -0.1) is 11.3 Å². The number of aryl methyl sites for hydroxylation is 1. The quantitative estimate of drug-likeness (QED) is 0.511. The Balaban J connectivity index is 1.49. The highest BCUT2D eigenvalue weighted by molar-refractivity contribution is 7.11.